The first-order chi connectivity index (χ1) is 8.87. The van der Waals surface area contributed by atoms with Crippen molar-refractivity contribution in [1.29, 1.82) is 0 Å². The zero-order valence-corrected chi connectivity index (χ0v) is 10.5. The molecule has 0 spiro atoms. The van der Waals surface area contributed by atoms with Crippen molar-refractivity contribution in [3.05, 3.63) is 29.8 Å². The first kappa shape index (κ1) is 14.1. The molecule has 3 unspecified atom stereocenters. The van der Waals surface area contributed by atoms with Gasteiger partial charge in [0.05, 0.1) is 12.1 Å². The third-order valence-corrected chi connectivity index (χ3v) is 3.27. The van der Waals surface area contributed by atoms with Crippen LogP contribution in [-0.4, -0.2) is 19.1 Å². The van der Waals surface area contributed by atoms with Crippen LogP contribution in [0.15, 0.2) is 24.3 Å². The zero-order chi connectivity index (χ0) is 14.0. The molecule has 1 aromatic carbocycles. The SMILES string of the molecule is CC1CCOC1C(N)c1cccc(OC(F)(F)F)c1. The summed E-state index contributed by atoms with van der Waals surface area (Å²) in [5.41, 5.74) is 6.65. The molecule has 0 radical (unpaired) electrons. The smallest absolute Gasteiger partial charge is 0.406 e. The number of ether oxygens (including phenoxy) is 2. The fourth-order valence-electron chi connectivity index (χ4n) is 2.28. The molecule has 0 amide bonds. The fourth-order valence-corrected chi connectivity index (χ4v) is 2.28. The van der Waals surface area contributed by atoms with Gasteiger partial charge in [0.15, 0.2) is 0 Å². The normalized spacial score (nSPS) is 25.3. The van der Waals surface area contributed by atoms with E-state index in [0.29, 0.717) is 18.1 Å². The van der Waals surface area contributed by atoms with E-state index in [9.17, 15) is 13.2 Å². The van der Waals surface area contributed by atoms with E-state index in [0.717, 1.165) is 6.42 Å². The van der Waals surface area contributed by atoms with Gasteiger partial charge in [-0.05, 0) is 30.0 Å². The summed E-state index contributed by atoms with van der Waals surface area (Å²) in [6.45, 7) is 2.66. The molecule has 0 bridgehead atoms. The lowest BCUT2D eigenvalue weighted by molar-refractivity contribution is -0.274. The van der Waals surface area contributed by atoms with E-state index in [1.54, 1.807) is 6.07 Å². The molecule has 3 nitrogen and oxygen atoms in total. The maximum atomic E-state index is 12.2. The lowest BCUT2D eigenvalue weighted by atomic mass is 9.93. The predicted octanol–water partition coefficient (Wildman–Crippen LogP) is 3.01. The highest BCUT2D eigenvalue weighted by atomic mass is 19.4. The van der Waals surface area contributed by atoms with Crippen LogP contribution < -0.4 is 10.5 Å². The Morgan fingerprint density at radius 1 is 1.42 bits per heavy atom. The van der Waals surface area contributed by atoms with E-state index < -0.39 is 12.4 Å². The average molecular weight is 275 g/mol. The van der Waals surface area contributed by atoms with Crippen molar-refractivity contribution in [3.63, 3.8) is 0 Å². The molecule has 0 saturated carbocycles. The second kappa shape index (κ2) is 5.38. The van der Waals surface area contributed by atoms with E-state index in [1.807, 2.05) is 6.92 Å². The van der Waals surface area contributed by atoms with Gasteiger partial charge in [0.1, 0.15) is 5.75 Å². The Bertz CT molecular complexity index is 436. The largest absolute Gasteiger partial charge is 0.573 e. The summed E-state index contributed by atoms with van der Waals surface area (Å²) in [5, 5.41) is 0. The Hall–Kier alpha value is -1.27. The second-order valence-electron chi connectivity index (χ2n) is 4.75. The number of hydrogen-bond donors (Lipinski definition) is 1. The van der Waals surface area contributed by atoms with Crippen LogP contribution in [-0.2, 0) is 4.74 Å². The zero-order valence-electron chi connectivity index (χ0n) is 10.5. The summed E-state index contributed by atoms with van der Waals surface area (Å²) in [5.74, 6) is 0.0355. The molecule has 1 heterocycles. The van der Waals surface area contributed by atoms with E-state index >= 15 is 0 Å². The van der Waals surface area contributed by atoms with Crippen molar-refractivity contribution in [3.8, 4) is 5.75 Å². The number of hydrogen-bond acceptors (Lipinski definition) is 3. The molecule has 19 heavy (non-hydrogen) atoms. The van der Waals surface area contributed by atoms with Crippen LogP contribution in [0.2, 0.25) is 0 Å². The summed E-state index contributed by atoms with van der Waals surface area (Å²) in [7, 11) is 0. The van der Waals surface area contributed by atoms with Crippen molar-refractivity contribution in [2.75, 3.05) is 6.61 Å². The molecule has 0 aliphatic carbocycles. The van der Waals surface area contributed by atoms with Crippen molar-refractivity contribution in [2.24, 2.45) is 11.7 Å². The number of halogens is 3. The quantitative estimate of drug-likeness (QED) is 0.922. The first-order valence-corrected chi connectivity index (χ1v) is 6.10. The van der Waals surface area contributed by atoms with E-state index in [-0.39, 0.29) is 11.9 Å². The summed E-state index contributed by atoms with van der Waals surface area (Å²) in [6, 6.07) is 5.29. The van der Waals surface area contributed by atoms with Gasteiger partial charge in [0.2, 0.25) is 0 Å². The lowest BCUT2D eigenvalue weighted by Crippen LogP contribution is -2.29. The Labute approximate surface area is 109 Å². The molecular weight excluding hydrogens is 259 g/mol. The highest BCUT2D eigenvalue weighted by Gasteiger charge is 2.33. The first-order valence-electron chi connectivity index (χ1n) is 6.10. The topological polar surface area (TPSA) is 44.5 Å². The standard InChI is InChI=1S/C13H16F3NO2/c1-8-5-6-18-12(8)11(17)9-3-2-4-10(7-9)19-13(14,15)16/h2-4,7-8,11-12H,5-6,17H2,1H3. The van der Waals surface area contributed by atoms with Gasteiger partial charge in [0.25, 0.3) is 0 Å². The maximum Gasteiger partial charge on any atom is 0.573 e. The van der Waals surface area contributed by atoms with E-state index in [2.05, 4.69) is 4.74 Å². The number of benzene rings is 1. The minimum atomic E-state index is -4.69. The van der Waals surface area contributed by atoms with Gasteiger partial charge >= 0.3 is 6.36 Å². The van der Waals surface area contributed by atoms with Crippen molar-refractivity contribution < 1.29 is 22.6 Å². The lowest BCUT2D eigenvalue weighted by Gasteiger charge is -2.23. The van der Waals surface area contributed by atoms with Crippen molar-refractivity contribution in [2.45, 2.75) is 31.9 Å². The Balaban J connectivity index is 2.14. The maximum absolute atomic E-state index is 12.2. The van der Waals surface area contributed by atoms with Crippen LogP contribution in [0.4, 0.5) is 13.2 Å². The third kappa shape index (κ3) is 3.61. The number of rotatable bonds is 3. The molecule has 1 aliphatic rings. The summed E-state index contributed by atoms with van der Waals surface area (Å²) < 4.78 is 45.9. The second-order valence-corrected chi connectivity index (χ2v) is 4.75. The predicted molar refractivity (Wildman–Crippen MR) is 63.6 cm³/mol. The minimum Gasteiger partial charge on any atom is -0.406 e. The molecule has 0 aromatic heterocycles. The molecule has 1 fully saturated rings. The van der Waals surface area contributed by atoms with Crippen LogP contribution >= 0.6 is 0 Å². The average Bonchev–Trinajstić information content (AvgIpc) is 2.72. The molecule has 2 rings (SSSR count). The van der Waals surface area contributed by atoms with Crippen LogP contribution in [0, 0.1) is 5.92 Å². The molecule has 2 N–H and O–H groups in total. The van der Waals surface area contributed by atoms with Gasteiger partial charge in [-0.25, -0.2) is 0 Å². The van der Waals surface area contributed by atoms with Crippen LogP contribution in [0.1, 0.15) is 24.9 Å². The van der Waals surface area contributed by atoms with Gasteiger partial charge in [-0.3, -0.25) is 0 Å². The summed E-state index contributed by atoms with van der Waals surface area (Å²) >= 11 is 0. The van der Waals surface area contributed by atoms with Gasteiger partial charge < -0.3 is 15.2 Å². The Morgan fingerprint density at radius 2 is 2.16 bits per heavy atom. The Kier molecular flexibility index (Phi) is 4.01. The highest BCUT2D eigenvalue weighted by Crippen LogP contribution is 2.32. The third-order valence-electron chi connectivity index (χ3n) is 3.27. The molecule has 3 atom stereocenters. The number of nitrogens with two attached hydrogens (primary N) is 1. The van der Waals surface area contributed by atoms with E-state index in [4.69, 9.17) is 10.5 Å². The van der Waals surface area contributed by atoms with Crippen LogP contribution in [0.25, 0.3) is 0 Å². The monoisotopic (exact) mass is 275 g/mol. The molecule has 1 saturated heterocycles. The van der Waals surface area contributed by atoms with Crippen LogP contribution in [0.5, 0.6) is 5.75 Å². The van der Waals surface area contributed by atoms with Gasteiger partial charge in [0, 0.05) is 6.61 Å². The van der Waals surface area contributed by atoms with Crippen LogP contribution in [0.3, 0.4) is 0 Å². The summed E-state index contributed by atoms with van der Waals surface area (Å²) in [6.07, 6.45) is -3.95. The number of alkyl halides is 3. The summed E-state index contributed by atoms with van der Waals surface area (Å²) in [4.78, 5) is 0. The molecule has 1 aromatic rings. The Morgan fingerprint density at radius 3 is 2.74 bits per heavy atom. The van der Waals surface area contributed by atoms with Crippen molar-refractivity contribution >= 4 is 0 Å². The highest BCUT2D eigenvalue weighted by molar-refractivity contribution is 5.31. The molecular formula is C13H16F3NO2. The minimum absolute atomic E-state index is 0.166. The molecule has 1 aliphatic heterocycles. The van der Waals surface area contributed by atoms with Crippen molar-refractivity contribution in [1.82, 2.24) is 0 Å². The van der Waals surface area contributed by atoms with E-state index in [1.165, 1.54) is 18.2 Å². The molecule has 106 valence electrons. The molecule has 6 heteroatoms. The van der Waals surface area contributed by atoms with Gasteiger partial charge in [-0.1, -0.05) is 19.1 Å². The van der Waals surface area contributed by atoms with Gasteiger partial charge in [-0.2, -0.15) is 0 Å². The fraction of sp³-hybridized carbons (Fsp3) is 0.538. The van der Waals surface area contributed by atoms with Gasteiger partial charge in [-0.15, -0.1) is 13.2 Å².